The summed E-state index contributed by atoms with van der Waals surface area (Å²) in [5.41, 5.74) is 2.55. The number of carbonyl (C=O) groups is 1. The number of ether oxygens (including phenoxy) is 2. The predicted molar refractivity (Wildman–Crippen MR) is 138 cm³/mol. The fourth-order valence-corrected chi connectivity index (χ4v) is 4.70. The molecular weight excluding hydrogens is 519 g/mol. The van der Waals surface area contributed by atoms with E-state index >= 15 is 0 Å². The van der Waals surface area contributed by atoms with E-state index in [2.05, 4.69) is 67.1 Å². The Kier molecular flexibility index (Phi) is 10.7. The van der Waals surface area contributed by atoms with Gasteiger partial charge in [0.2, 0.25) is 0 Å². The molecule has 7 nitrogen and oxygen atoms in total. The fourth-order valence-electron chi connectivity index (χ4n) is 4.70. The number of carbonyl (C=O) groups excluding carboxylic acids is 1. The van der Waals surface area contributed by atoms with Crippen LogP contribution in [0.4, 0.5) is 0 Å². The first-order valence-electron chi connectivity index (χ1n) is 11.5. The molecule has 32 heavy (non-hydrogen) atoms. The summed E-state index contributed by atoms with van der Waals surface area (Å²) in [6.45, 7) is 14.1. The lowest BCUT2D eigenvalue weighted by atomic mass is 9.99. The van der Waals surface area contributed by atoms with Crippen LogP contribution in [-0.2, 0) is 27.4 Å². The molecule has 4 unspecified atom stereocenters. The number of likely N-dealkylation sites (tertiary alicyclic amines) is 1. The number of guanidine groups is 1. The summed E-state index contributed by atoms with van der Waals surface area (Å²) < 4.78 is 10.9. The van der Waals surface area contributed by atoms with E-state index in [0.717, 1.165) is 38.7 Å². The summed E-state index contributed by atoms with van der Waals surface area (Å²) in [6.07, 6.45) is 0.517. The first-order valence-corrected chi connectivity index (χ1v) is 11.5. The van der Waals surface area contributed by atoms with Gasteiger partial charge in [0.1, 0.15) is 0 Å². The maximum atomic E-state index is 12.1. The van der Waals surface area contributed by atoms with Crippen molar-refractivity contribution in [2.75, 3.05) is 39.8 Å². The van der Waals surface area contributed by atoms with Gasteiger partial charge in [-0.25, -0.2) is 4.99 Å². The van der Waals surface area contributed by atoms with Gasteiger partial charge in [-0.1, -0.05) is 31.2 Å². The molecule has 0 aliphatic carbocycles. The van der Waals surface area contributed by atoms with Crippen molar-refractivity contribution in [1.82, 2.24) is 15.1 Å². The van der Waals surface area contributed by atoms with Crippen molar-refractivity contribution in [2.45, 2.75) is 53.0 Å². The zero-order valence-corrected chi connectivity index (χ0v) is 22.4. The molecule has 2 aliphatic rings. The summed E-state index contributed by atoms with van der Waals surface area (Å²) in [5, 5.41) is 3.40. The zero-order valence-electron chi connectivity index (χ0n) is 20.0. The lowest BCUT2D eigenvalue weighted by molar-refractivity contribution is -0.145. The lowest BCUT2D eigenvalue weighted by Crippen LogP contribution is -2.44. The summed E-state index contributed by atoms with van der Waals surface area (Å²) in [5.74, 6) is 0.870. The van der Waals surface area contributed by atoms with E-state index in [1.54, 1.807) is 0 Å². The molecule has 2 aliphatic heterocycles. The van der Waals surface area contributed by atoms with Gasteiger partial charge in [-0.15, -0.1) is 24.0 Å². The van der Waals surface area contributed by atoms with Crippen LogP contribution in [0.15, 0.2) is 29.3 Å². The van der Waals surface area contributed by atoms with Crippen molar-refractivity contribution in [1.29, 1.82) is 0 Å². The summed E-state index contributed by atoms with van der Waals surface area (Å²) in [4.78, 5) is 21.7. The standard InChI is InChI=1S/C24H38N4O3.HI/c1-6-25-24(28-12-17(2)22(16-28)23(29)30-5)26-11-20-9-7-8-10-21(20)15-27-13-18(3)31-19(4)14-27;/h7-10,17-19,22H,6,11-16H2,1-5H3,(H,25,26);1H. The Labute approximate surface area is 209 Å². The molecule has 0 amide bonds. The van der Waals surface area contributed by atoms with E-state index in [0.29, 0.717) is 13.1 Å². The number of esters is 1. The van der Waals surface area contributed by atoms with Crippen molar-refractivity contribution >= 4 is 35.9 Å². The van der Waals surface area contributed by atoms with Crippen molar-refractivity contribution in [3.63, 3.8) is 0 Å². The van der Waals surface area contributed by atoms with Crippen molar-refractivity contribution in [3.8, 4) is 0 Å². The number of aliphatic imine (C=N–C) groups is 1. The Bertz CT molecular complexity index is 765. The van der Waals surface area contributed by atoms with Crippen LogP contribution in [0.3, 0.4) is 0 Å². The Hall–Kier alpha value is -1.39. The number of halogens is 1. The smallest absolute Gasteiger partial charge is 0.310 e. The molecule has 4 atom stereocenters. The second kappa shape index (κ2) is 12.7. The minimum absolute atomic E-state index is 0. The highest BCUT2D eigenvalue weighted by molar-refractivity contribution is 14.0. The number of nitrogens with one attached hydrogen (secondary N) is 1. The molecule has 3 rings (SSSR count). The van der Waals surface area contributed by atoms with Crippen molar-refractivity contribution in [2.24, 2.45) is 16.8 Å². The van der Waals surface area contributed by atoms with Gasteiger partial charge in [0.05, 0.1) is 31.8 Å². The average molecular weight is 559 g/mol. The minimum Gasteiger partial charge on any atom is -0.469 e. The molecule has 2 saturated heterocycles. The number of benzene rings is 1. The molecule has 2 fully saturated rings. The molecule has 8 heteroatoms. The van der Waals surface area contributed by atoms with Gasteiger partial charge in [-0.3, -0.25) is 9.69 Å². The number of morpholine rings is 1. The summed E-state index contributed by atoms with van der Waals surface area (Å²) >= 11 is 0. The molecule has 0 aromatic heterocycles. The van der Waals surface area contributed by atoms with Crippen LogP contribution < -0.4 is 5.32 Å². The van der Waals surface area contributed by atoms with Gasteiger partial charge < -0.3 is 19.7 Å². The molecule has 2 heterocycles. The highest BCUT2D eigenvalue weighted by Gasteiger charge is 2.36. The van der Waals surface area contributed by atoms with E-state index in [-0.39, 0.29) is 54.0 Å². The molecule has 0 spiro atoms. The Morgan fingerprint density at radius 1 is 1.12 bits per heavy atom. The molecule has 0 radical (unpaired) electrons. The lowest BCUT2D eigenvalue weighted by Gasteiger charge is -2.35. The SMILES string of the molecule is CCNC(=NCc1ccccc1CN1CC(C)OC(C)C1)N1CC(C)C(C(=O)OC)C1.I. The number of methoxy groups -OCH3 is 1. The van der Waals surface area contributed by atoms with Crippen LogP contribution in [0, 0.1) is 11.8 Å². The monoisotopic (exact) mass is 558 g/mol. The van der Waals surface area contributed by atoms with Gasteiger partial charge in [0, 0.05) is 39.3 Å². The van der Waals surface area contributed by atoms with Crippen LogP contribution in [0.5, 0.6) is 0 Å². The Balaban J connectivity index is 0.00000363. The van der Waals surface area contributed by atoms with E-state index in [1.165, 1.54) is 18.2 Å². The van der Waals surface area contributed by atoms with Crippen LogP contribution in [-0.4, -0.2) is 73.8 Å². The van der Waals surface area contributed by atoms with Gasteiger partial charge in [-0.2, -0.15) is 0 Å². The van der Waals surface area contributed by atoms with E-state index < -0.39 is 0 Å². The van der Waals surface area contributed by atoms with E-state index in [1.807, 2.05) is 0 Å². The number of rotatable bonds is 6. The second-order valence-electron chi connectivity index (χ2n) is 8.90. The van der Waals surface area contributed by atoms with Gasteiger partial charge in [0.15, 0.2) is 5.96 Å². The van der Waals surface area contributed by atoms with Crippen LogP contribution in [0.25, 0.3) is 0 Å². The molecule has 180 valence electrons. The van der Waals surface area contributed by atoms with E-state index in [9.17, 15) is 4.79 Å². The van der Waals surface area contributed by atoms with Crippen LogP contribution in [0.2, 0.25) is 0 Å². The van der Waals surface area contributed by atoms with Crippen molar-refractivity contribution < 1.29 is 14.3 Å². The molecule has 1 aromatic carbocycles. The van der Waals surface area contributed by atoms with Crippen LogP contribution in [0.1, 0.15) is 38.8 Å². The number of hydrogen-bond acceptors (Lipinski definition) is 5. The second-order valence-corrected chi connectivity index (χ2v) is 8.90. The van der Waals surface area contributed by atoms with E-state index in [4.69, 9.17) is 14.5 Å². The third kappa shape index (κ3) is 7.05. The average Bonchev–Trinajstić information content (AvgIpc) is 3.12. The quantitative estimate of drug-likeness (QED) is 0.251. The summed E-state index contributed by atoms with van der Waals surface area (Å²) in [7, 11) is 1.46. The first kappa shape index (κ1) is 26.9. The topological polar surface area (TPSA) is 66.4 Å². The predicted octanol–water partition coefficient (Wildman–Crippen LogP) is 3.12. The van der Waals surface area contributed by atoms with Gasteiger partial charge >= 0.3 is 5.97 Å². The minimum atomic E-state index is -0.134. The Morgan fingerprint density at radius 3 is 2.41 bits per heavy atom. The van der Waals surface area contributed by atoms with Gasteiger partial charge in [-0.05, 0) is 37.8 Å². The molecule has 1 N–H and O–H groups in total. The number of hydrogen-bond donors (Lipinski definition) is 1. The zero-order chi connectivity index (χ0) is 22.4. The Morgan fingerprint density at radius 2 is 1.78 bits per heavy atom. The van der Waals surface area contributed by atoms with Crippen LogP contribution >= 0.6 is 24.0 Å². The molecule has 1 aromatic rings. The fraction of sp³-hybridized carbons (Fsp3) is 0.667. The maximum absolute atomic E-state index is 12.1. The largest absolute Gasteiger partial charge is 0.469 e. The normalized spacial score (nSPS) is 26.5. The molecular formula is C24H39IN4O3. The summed E-state index contributed by atoms with van der Waals surface area (Å²) in [6, 6.07) is 8.55. The third-order valence-electron chi connectivity index (χ3n) is 6.16. The van der Waals surface area contributed by atoms with Crippen molar-refractivity contribution in [3.05, 3.63) is 35.4 Å². The highest BCUT2D eigenvalue weighted by Crippen LogP contribution is 2.24. The third-order valence-corrected chi connectivity index (χ3v) is 6.16. The molecule has 0 bridgehead atoms. The maximum Gasteiger partial charge on any atom is 0.310 e. The molecule has 0 saturated carbocycles. The number of nitrogens with zero attached hydrogens (tertiary/aromatic N) is 3. The van der Waals surface area contributed by atoms with Gasteiger partial charge in [0.25, 0.3) is 0 Å². The first-order chi connectivity index (χ1) is 14.9. The highest BCUT2D eigenvalue weighted by atomic mass is 127.